The largest absolute Gasteiger partial charge is 0.319 e. The van der Waals surface area contributed by atoms with Crippen LogP contribution < -0.4 is 5.32 Å². The first-order valence-corrected chi connectivity index (χ1v) is 10.1. The van der Waals surface area contributed by atoms with Crippen molar-refractivity contribution in [1.29, 1.82) is 0 Å². The highest BCUT2D eigenvalue weighted by molar-refractivity contribution is 6.42. The number of nitrogens with one attached hydrogen (secondary N) is 1. The molecule has 1 N–H and O–H groups in total. The molecule has 0 atom stereocenters. The van der Waals surface area contributed by atoms with Gasteiger partial charge >= 0.3 is 0 Å². The molecule has 150 valence electrons. The van der Waals surface area contributed by atoms with Gasteiger partial charge in [-0.15, -0.1) is 5.10 Å². The van der Waals surface area contributed by atoms with E-state index in [0.29, 0.717) is 32.3 Å². The number of nitrogens with zero attached hydrogens (tertiary/aromatic N) is 3. The van der Waals surface area contributed by atoms with E-state index >= 15 is 0 Å². The summed E-state index contributed by atoms with van der Waals surface area (Å²) in [5, 5.41) is 8.53. The predicted molar refractivity (Wildman–Crippen MR) is 121 cm³/mol. The molecule has 0 bridgehead atoms. The molecule has 0 spiro atoms. The van der Waals surface area contributed by atoms with E-state index in [4.69, 9.17) is 34.8 Å². The molecule has 5 nitrogen and oxygen atoms in total. The molecular formula is C22H15Cl3N4O. The lowest BCUT2D eigenvalue weighted by atomic mass is 10.2. The Balaban J connectivity index is 1.75. The number of rotatable bonds is 4. The molecule has 0 unspecified atom stereocenters. The van der Waals surface area contributed by atoms with Gasteiger partial charge in [0.15, 0.2) is 5.82 Å². The van der Waals surface area contributed by atoms with Crippen LogP contribution >= 0.6 is 34.8 Å². The zero-order valence-corrected chi connectivity index (χ0v) is 18.0. The van der Waals surface area contributed by atoms with Crippen LogP contribution in [0.5, 0.6) is 0 Å². The van der Waals surface area contributed by atoms with Crippen LogP contribution in [0.15, 0.2) is 66.7 Å². The molecule has 3 aromatic carbocycles. The van der Waals surface area contributed by atoms with Gasteiger partial charge in [0, 0.05) is 16.3 Å². The monoisotopic (exact) mass is 456 g/mol. The molecule has 0 aliphatic carbocycles. The minimum Gasteiger partial charge on any atom is -0.319 e. The number of hydrogen-bond acceptors (Lipinski definition) is 3. The Morgan fingerprint density at radius 2 is 1.67 bits per heavy atom. The first kappa shape index (κ1) is 20.4. The SMILES string of the molecule is Cc1ccc(-n2nc(C(=O)Nc3ccc(Cl)c(Cl)c3)nc2-c2ccccc2)cc1Cl. The Kier molecular flexibility index (Phi) is 5.77. The summed E-state index contributed by atoms with van der Waals surface area (Å²) in [7, 11) is 0. The molecule has 0 saturated heterocycles. The van der Waals surface area contributed by atoms with Gasteiger partial charge in [-0.25, -0.2) is 9.67 Å². The minimum atomic E-state index is -0.470. The summed E-state index contributed by atoms with van der Waals surface area (Å²) >= 11 is 18.3. The van der Waals surface area contributed by atoms with Crippen LogP contribution in [0.3, 0.4) is 0 Å². The fraction of sp³-hybridized carbons (Fsp3) is 0.0455. The van der Waals surface area contributed by atoms with Gasteiger partial charge in [0.2, 0.25) is 5.82 Å². The molecule has 8 heteroatoms. The molecule has 30 heavy (non-hydrogen) atoms. The van der Waals surface area contributed by atoms with Crippen LogP contribution in [-0.4, -0.2) is 20.7 Å². The lowest BCUT2D eigenvalue weighted by Gasteiger charge is -2.07. The Morgan fingerprint density at radius 1 is 0.900 bits per heavy atom. The Hall–Kier alpha value is -2.86. The summed E-state index contributed by atoms with van der Waals surface area (Å²) in [5.41, 5.74) is 2.95. The highest BCUT2D eigenvalue weighted by Gasteiger charge is 2.19. The third-order valence-corrected chi connectivity index (χ3v) is 5.57. The van der Waals surface area contributed by atoms with Crippen molar-refractivity contribution < 1.29 is 4.79 Å². The second-order valence-electron chi connectivity index (χ2n) is 6.55. The normalized spacial score (nSPS) is 10.8. The zero-order valence-electron chi connectivity index (χ0n) is 15.7. The van der Waals surface area contributed by atoms with E-state index in [2.05, 4.69) is 15.4 Å². The number of carbonyl (C=O) groups excluding carboxylic acids is 1. The first-order valence-electron chi connectivity index (χ1n) is 8.98. The van der Waals surface area contributed by atoms with Crippen LogP contribution in [-0.2, 0) is 0 Å². The molecule has 0 radical (unpaired) electrons. The Bertz CT molecular complexity index is 1240. The van der Waals surface area contributed by atoms with Crippen molar-refractivity contribution in [3.63, 3.8) is 0 Å². The molecule has 1 aromatic heterocycles. The number of halogens is 3. The van der Waals surface area contributed by atoms with E-state index in [1.807, 2.05) is 49.4 Å². The molecule has 0 fully saturated rings. The van der Waals surface area contributed by atoms with E-state index in [9.17, 15) is 4.79 Å². The van der Waals surface area contributed by atoms with Crippen molar-refractivity contribution in [2.75, 3.05) is 5.32 Å². The van der Waals surface area contributed by atoms with Gasteiger partial charge in [0.05, 0.1) is 15.7 Å². The topological polar surface area (TPSA) is 59.8 Å². The van der Waals surface area contributed by atoms with Crippen molar-refractivity contribution in [3.8, 4) is 17.1 Å². The van der Waals surface area contributed by atoms with Crippen LogP contribution in [0.25, 0.3) is 17.1 Å². The number of aromatic nitrogens is 3. The fourth-order valence-electron chi connectivity index (χ4n) is 2.84. The quantitative estimate of drug-likeness (QED) is 0.383. The van der Waals surface area contributed by atoms with E-state index < -0.39 is 5.91 Å². The highest BCUT2D eigenvalue weighted by atomic mass is 35.5. The van der Waals surface area contributed by atoms with Gasteiger partial charge in [-0.3, -0.25) is 4.79 Å². The number of hydrogen-bond donors (Lipinski definition) is 1. The van der Waals surface area contributed by atoms with Crippen LogP contribution in [0.4, 0.5) is 5.69 Å². The van der Waals surface area contributed by atoms with Gasteiger partial charge in [0.25, 0.3) is 5.91 Å². The second-order valence-corrected chi connectivity index (χ2v) is 7.77. The second kappa shape index (κ2) is 8.48. The zero-order chi connectivity index (χ0) is 21.3. The fourth-order valence-corrected chi connectivity index (χ4v) is 3.31. The van der Waals surface area contributed by atoms with Crippen LogP contribution in [0.2, 0.25) is 15.1 Å². The molecule has 1 heterocycles. The lowest BCUT2D eigenvalue weighted by Crippen LogP contribution is -2.14. The van der Waals surface area contributed by atoms with E-state index in [-0.39, 0.29) is 5.82 Å². The number of amides is 1. The van der Waals surface area contributed by atoms with Gasteiger partial charge in [0.1, 0.15) is 0 Å². The standard InChI is InChI=1S/C22H15Cl3N4O/c1-13-7-9-16(12-18(13)24)29-21(14-5-3-2-4-6-14)27-20(28-29)22(30)26-15-8-10-17(23)19(25)11-15/h2-12H,1H3,(H,26,30). The predicted octanol–water partition coefficient (Wildman–Crippen LogP) is 6.46. The van der Waals surface area contributed by atoms with Gasteiger partial charge in [-0.05, 0) is 42.8 Å². The summed E-state index contributed by atoms with van der Waals surface area (Å²) in [6.07, 6.45) is 0. The maximum Gasteiger partial charge on any atom is 0.295 e. The van der Waals surface area contributed by atoms with Gasteiger partial charge in [-0.2, -0.15) is 0 Å². The summed E-state index contributed by atoms with van der Waals surface area (Å²) in [6.45, 7) is 1.92. The number of benzene rings is 3. The van der Waals surface area contributed by atoms with Crippen molar-refractivity contribution >= 4 is 46.4 Å². The van der Waals surface area contributed by atoms with Crippen molar-refractivity contribution in [2.45, 2.75) is 6.92 Å². The summed E-state index contributed by atoms with van der Waals surface area (Å²) in [5.74, 6) is 0.0639. The summed E-state index contributed by atoms with van der Waals surface area (Å²) < 4.78 is 1.60. The van der Waals surface area contributed by atoms with E-state index in [1.165, 1.54) is 0 Å². The third-order valence-electron chi connectivity index (χ3n) is 4.42. The maximum absolute atomic E-state index is 12.8. The minimum absolute atomic E-state index is 0.0108. The van der Waals surface area contributed by atoms with Crippen molar-refractivity contribution in [2.24, 2.45) is 0 Å². The average Bonchev–Trinajstić information content (AvgIpc) is 3.19. The maximum atomic E-state index is 12.8. The summed E-state index contributed by atoms with van der Waals surface area (Å²) in [4.78, 5) is 17.3. The average molecular weight is 458 g/mol. The molecule has 4 rings (SSSR count). The van der Waals surface area contributed by atoms with Crippen LogP contribution in [0, 0.1) is 6.92 Å². The Labute approximate surface area is 188 Å². The van der Waals surface area contributed by atoms with Gasteiger partial charge < -0.3 is 5.32 Å². The lowest BCUT2D eigenvalue weighted by molar-refractivity contribution is 0.101. The first-order chi connectivity index (χ1) is 14.4. The summed E-state index contributed by atoms with van der Waals surface area (Å²) in [6, 6.07) is 19.9. The smallest absolute Gasteiger partial charge is 0.295 e. The van der Waals surface area contributed by atoms with Crippen molar-refractivity contribution in [1.82, 2.24) is 14.8 Å². The molecular weight excluding hydrogens is 443 g/mol. The molecule has 0 aliphatic heterocycles. The molecule has 1 amide bonds. The highest BCUT2D eigenvalue weighted by Crippen LogP contribution is 2.27. The number of anilines is 1. The van der Waals surface area contributed by atoms with E-state index in [1.54, 1.807) is 28.9 Å². The van der Waals surface area contributed by atoms with E-state index in [0.717, 1.165) is 11.1 Å². The van der Waals surface area contributed by atoms with Crippen LogP contribution in [0.1, 0.15) is 16.2 Å². The third kappa shape index (κ3) is 4.19. The molecule has 4 aromatic rings. The Morgan fingerprint density at radius 3 is 2.37 bits per heavy atom. The van der Waals surface area contributed by atoms with Crippen molar-refractivity contribution in [3.05, 3.63) is 93.2 Å². The number of carbonyl (C=O) groups is 1. The number of aryl methyl sites for hydroxylation is 1. The molecule has 0 saturated carbocycles. The molecule has 0 aliphatic rings. The van der Waals surface area contributed by atoms with Gasteiger partial charge in [-0.1, -0.05) is 71.2 Å².